The quantitative estimate of drug-likeness (QED) is 0.727. The molecule has 1 fully saturated rings. The molecule has 1 aliphatic rings. The van der Waals surface area contributed by atoms with Gasteiger partial charge >= 0.3 is 0 Å². The zero-order valence-corrected chi connectivity index (χ0v) is 14.2. The van der Waals surface area contributed by atoms with Crippen LogP contribution in [0, 0.1) is 0 Å². The van der Waals surface area contributed by atoms with Crippen molar-refractivity contribution in [3.05, 3.63) is 54.1 Å². The Morgan fingerprint density at radius 2 is 1.84 bits per heavy atom. The van der Waals surface area contributed by atoms with Crippen LogP contribution in [-0.2, 0) is 0 Å². The van der Waals surface area contributed by atoms with Gasteiger partial charge in [0, 0.05) is 29.7 Å². The maximum absolute atomic E-state index is 11.6. The fraction of sp³-hybridized carbons (Fsp3) is 0.250. The topological polar surface area (TPSA) is 58.1 Å². The summed E-state index contributed by atoms with van der Waals surface area (Å²) in [6, 6.07) is 15.5. The van der Waals surface area contributed by atoms with E-state index in [0.29, 0.717) is 11.5 Å². The second kappa shape index (κ2) is 6.51. The molecule has 0 atom stereocenters. The molecule has 1 N–H and O–H groups in total. The number of benzene rings is 2. The predicted octanol–water partition coefficient (Wildman–Crippen LogP) is 4.18. The zero-order valence-electron chi connectivity index (χ0n) is 14.2. The van der Waals surface area contributed by atoms with Gasteiger partial charge in [0.2, 0.25) is 5.95 Å². The summed E-state index contributed by atoms with van der Waals surface area (Å²) in [5.74, 6) is 1.58. The number of ketones is 1. The van der Waals surface area contributed by atoms with Gasteiger partial charge < -0.3 is 10.2 Å². The first-order valence-electron chi connectivity index (χ1n) is 8.60. The number of carbonyl (C=O) groups excluding carboxylic acids is 1. The summed E-state index contributed by atoms with van der Waals surface area (Å²) in [6.07, 6.45) is 2.39. The number of rotatable bonds is 4. The molecule has 1 saturated heterocycles. The van der Waals surface area contributed by atoms with Crippen LogP contribution >= 0.6 is 0 Å². The van der Waals surface area contributed by atoms with Gasteiger partial charge in [-0.2, -0.15) is 4.98 Å². The molecule has 126 valence electrons. The van der Waals surface area contributed by atoms with Crippen molar-refractivity contribution in [1.29, 1.82) is 0 Å². The Labute approximate surface area is 146 Å². The highest BCUT2D eigenvalue weighted by atomic mass is 16.1. The summed E-state index contributed by atoms with van der Waals surface area (Å²) in [4.78, 5) is 23.3. The summed E-state index contributed by atoms with van der Waals surface area (Å²) >= 11 is 0. The van der Waals surface area contributed by atoms with E-state index >= 15 is 0 Å². The first-order chi connectivity index (χ1) is 12.2. The van der Waals surface area contributed by atoms with Crippen LogP contribution in [0.5, 0.6) is 0 Å². The van der Waals surface area contributed by atoms with Crippen LogP contribution in [0.2, 0.25) is 0 Å². The molecule has 25 heavy (non-hydrogen) atoms. The van der Waals surface area contributed by atoms with E-state index < -0.39 is 0 Å². The lowest BCUT2D eigenvalue weighted by Gasteiger charge is -2.19. The molecule has 1 aliphatic heterocycles. The lowest BCUT2D eigenvalue weighted by molar-refractivity contribution is 0.101. The number of Topliss-reactive ketones (excluding diaryl/α,β-unsaturated/α-hetero) is 1. The van der Waals surface area contributed by atoms with Crippen molar-refractivity contribution >= 4 is 34.1 Å². The first-order valence-corrected chi connectivity index (χ1v) is 8.60. The van der Waals surface area contributed by atoms with Crippen LogP contribution < -0.4 is 10.2 Å². The number of nitrogens with one attached hydrogen (secondary N) is 1. The van der Waals surface area contributed by atoms with Gasteiger partial charge in [0.25, 0.3) is 0 Å². The SMILES string of the molecule is CC(=O)c1cccc(Nc2nc(N3CCCC3)c3ccccc3n2)c1. The van der Waals surface area contributed by atoms with E-state index in [0.717, 1.165) is 35.5 Å². The maximum atomic E-state index is 11.6. The third-order valence-electron chi connectivity index (χ3n) is 4.51. The zero-order chi connectivity index (χ0) is 17.2. The van der Waals surface area contributed by atoms with Gasteiger partial charge in [-0.1, -0.05) is 24.3 Å². The van der Waals surface area contributed by atoms with Crippen molar-refractivity contribution in [2.45, 2.75) is 19.8 Å². The third-order valence-corrected chi connectivity index (χ3v) is 4.51. The largest absolute Gasteiger partial charge is 0.356 e. The minimum absolute atomic E-state index is 0.0424. The molecule has 3 aromatic rings. The molecule has 5 heteroatoms. The summed E-state index contributed by atoms with van der Waals surface area (Å²) in [7, 11) is 0. The Hall–Kier alpha value is -2.95. The van der Waals surface area contributed by atoms with Crippen molar-refractivity contribution in [2.24, 2.45) is 0 Å². The van der Waals surface area contributed by atoms with Gasteiger partial charge in [0.05, 0.1) is 5.52 Å². The molecule has 0 amide bonds. The number of anilines is 3. The highest BCUT2D eigenvalue weighted by Gasteiger charge is 2.18. The molecule has 0 radical (unpaired) electrons. The van der Waals surface area contributed by atoms with Gasteiger partial charge in [-0.3, -0.25) is 4.79 Å². The van der Waals surface area contributed by atoms with Crippen molar-refractivity contribution in [3.8, 4) is 0 Å². The Bertz CT molecular complexity index is 932. The number of fused-ring (bicyclic) bond motifs is 1. The van der Waals surface area contributed by atoms with Crippen LogP contribution in [0.1, 0.15) is 30.1 Å². The molecule has 0 aliphatic carbocycles. The van der Waals surface area contributed by atoms with Crippen LogP contribution in [0.25, 0.3) is 10.9 Å². The molecule has 2 aromatic carbocycles. The number of para-hydroxylation sites is 1. The average Bonchev–Trinajstić information content (AvgIpc) is 3.16. The van der Waals surface area contributed by atoms with Gasteiger partial charge in [-0.05, 0) is 44.0 Å². The molecule has 0 spiro atoms. The van der Waals surface area contributed by atoms with E-state index in [1.165, 1.54) is 12.8 Å². The molecule has 4 rings (SSSR count). The summed E-state index contributed by atoms with van der Waals surface area (Å²) < 4.78 is 0. The molecule has 0 saturated carbocycles. The van der Waals surface area contributed by atoms with Crippen molar-refractivity contribution in [2.75, 3.05) is 23.3 Å². The Morgan fingerprint density at radius 3 is 2.64 bits per heavy atom. The van der Waals surface area contributed by atoms with Gasteiger partial charge in [0.15, 0.2) is 5.78 Å². The van der Waals surface area contributed by atoms with Crippen molar-refractivity contribution in [3.63, 3.8) is 0 Å². The van der Waals surface area contributed by atoms with Crippen LogP contribution in [-0.4, -0.2) is 28.8 Å². The van der Waals surface area contributed by atoms with E-state index in [1.807, 2.05) is 42.5 Å². The van der Waals surface area contributed by atoms with E-state index in [2.05, 4.69) is 21.3 Å². The molecule has 1 aromatic heterocycles. The second-order valence-corrected chi connectivity index (χ2v) is 6.34. The molecule has 0 unspecified atom stereocenters. The summed E-state index contributed by atoms with van der Waals surface area (Å²) in [5, 5.41) is 4.33. The van der Waals surface area contributed by atoms with E-state index in [-0.39, 0.29) is 5.78 Å². The van der Waals surface area contributed by atoms with Gasteiger partial charge in [0.1, 0.15) is 5.82 Å². The van der Waals surface area contributed by atoms with E-state index in [9.17, 15) is 4.79 Å². The fourth-order valence-corrected chi connectivity index (χ4v) is 3.23. The first kappa shape index (κ1) is 15.6. The summed E-state index contributed by atoms with van der Waals surface area (Å²) in [5.41, 5.74) is 2.41. The average molecular weight is 332 g/mol. The number of carbonyl (C=O) groups is 1. The smallest absolute Gasteiger partial charge is 0.229 e. The minimum atomic E-state index is 0.0424. The third kappa shape index (κ3) is 3.18. The standard InChI is InChI=1S/C20H20N4O/c1-14(25)15-7-6-8-16(13-15)21-20-22-18-10-3-2-9-17(18)19(23-20)24-11-4-5-12-24/h2-3,6-10,13H,4-5,11-12H2,1H3,(H,21,22,23). The van der Waals surface area contributed by atoms with E-state index in [4.69, 9.17) is 4.98 Å². The molecular formula is C20H20N4O. The molecular weight excluding hydrogens is 312 g/mol. The Kier molecular flexibility index (Phi) is 4.06. The Morgan fingerprint density at radius 1 is 1.04 bits per heavy atom. The van der Waals surface area contributed by atoms with Crippen LogP contribution in [0.4, 0.5) is 17.5 Å². The number of aromatic nitrogens is 2. The van der Waals surface area contributed by atoms with Crippen LogP contribution in [0.3, 0.4) is 0 Å². The lowest BCUT2D eigenvalue weighted by atomic mass is 10.1. The summed E-state index contributed by atoms with van der Waals surface area (Å²) in [6.45, 7) is 3.62. The molecule has 2 heterocycles. The van der Waals surface area contributed by atoms with Crippen molar-refractivity contribution in [1.82, 2.24) is 9.97 Å². The lowest BCUT2D eigenvalue weighted by Crippen LogP contribution is -2.20. The Balaban J connectivity index is 1.74. The minimum Gasteiger partial charge on any atom is -0.356 e. The highest BCUT2D eigenvalue weighted by Crippen LogP contribution is 2.28. The number of nitrogens with zero attached hydrogens (tertiary/aromatic N) is 3. The van der Waals surface area contributed by atoms with Crippen LogP contribution in [0.15, 0.2) is 48.5 Å². The maximum Gasteiger partial charge on any atom is 0.229 e. The monoisotopic (exact) mass is 332 g/mol. The molecule has 0 bridgehead atoms. The van der Waals surface area contributed by atoms with Crippen molar-refractivity contribution < 1.29 is 4.79 Å². The van der Waals surface area contributed by atoms with E-state index in [1.54, 1.807) is 6.92 Å². The number of hydrogen-bond donors (Lipinski definition) is 1. The molecule has 5 nitrogen and oxygen atoms in total. The normalized spacial score (nSPS) is 14.0. The highest BCUT2D eigenvalue weighted by molar-refractivity contribution is 5.95. The predicted molar refractivity (Wildman–Crippen MR) is 101 cm³/mol. The van der Waals surface area contributed by atoms with Gasteiger partial charge in [-0.25, -0.2) is 4.98 Å². The second-order valence-electron chi connectivity index (χ2n) is 6.34. The van der Waals surface area contributed by atoms with Gasteiger partial charge in [-0.15, -0.1) is 0 Å². The fourth-order valence-electron chi connectivity index (χ4n) is 3.23. The number of hydrogen-bond acceptors (Lipinski definition) is 5.